The zero-order valence-corrected chi connectivity index (χ0v) is 12.0. The molecule has 9 heteroatoms. The Balaban J connectivity index is 2.78. The van der Waals surface area contributed by atoms with Crippen molar-refractivity contribution in [1.82, 2.24) is 9.62 Å². The molecule has 0 heterocycles. The highest BCUT2D eigenvalue weighted by Crippen LogP contribution is 2.20. The summed E-state index contributed by atoms with van der Waals surface area (Å²) in [5, 5.41) is 10.5. The Kier molecular flexibility index (Phi) is 5.54. The quantitative estimate of drug-likeness (QED) is 0.460. The van der Waals surface area contributed by atoms with Crippen LogP contribution in [0.5, 0.6) is 0 Å². The molecule has 7 nitrogen and oxygen atoms in total. The van der Waals surface area contributed by atoms with Crippen LogP contribution in [0.15, 0.2) is 23.1 Å². The van der Waals surface area contributed by atoms with Gasteiger partial charge in [0.15, 0.2) is 0 Å². The maximum Gasteiger partial charge on any atom is 0.304 e. The fourth-order valence-corrected chi connectivity index (χ4v) is 2.57. The maximum absolute atomic E-state index is 13.4. The molecule has 1 aromatic rings. The van der Waals surface area contributed by atoms with Crippen molar-refractivity contribution in [3.63, 3.8) is 0 Å². The number of nitrogens with one attached hydrogen (secondary N) is 1. The molecule has 0 atom stereocenters. The monoisotopic (exact) mass is 305 g/mol. The minimum Gasteiger partial charge on any atom is -0.309 e. The number of sulfonamides is 1. The van der Waals surface area contributed by atoms with E-state index in [-0.39, 0.29) is 11.4 Å². The van der Waals surface area contributed by atoms with Crippen molar-refractivity contribution in [1.29, 1.82) is 0 Å². The Morgan fingerprint density at radius 2 is 2.05 bits per heavy atom. The molecule has 0 aromatic heterocycles. The summed E-state index contributed by atoms with van der Waals surface area (Å²) in [6.07, 6.45) is 0.599. The number of nitro benzene ring substituents is 1. The van der Waals surface area contributed by atoms with Gasteiger partial charge in [0.2, 0.25) is 15.8 Å². The molecule has 0 radical (unpaired) electrons. The number of benzene rings is 1. The first-order chi connectivity index (χ1) is 9.24. The predicted octanol–water partition coefficient (Wildman–Crippen LogP) is 0.964. The van der Waals surface area contributed by atoms with E-state index in [0.29, 0.717) is 19.0 Å². The van der Waals surface area contributed by atoms with Crippen LogP contribution in [0.4, 0.5) is 10.1 Å². The molecule has 20 heavy (non-hydrogen) atoms. The van der Waals surface area contributed by atoms with E-state index in [0.717, 1.165) is 12.1 Å². The number of rotatable bonds is 7. The molecule has 1 rings (SSSR count). The van der Waals surface area contributed by atoms with Crippen LogP contribution in [-0.2, 0) is 10.0 Å². The topological polar surface area (TPSA) is 92.6 Å². The van der Waals surface area contributed by atoms with E-state index in [9.17, 15) is 22.9 Å². The molecular formula is C11H16FN3O4S. The Morgan fingerprint density at radius 1 is 1.40 bits per heavy atom. The van der Waals surface area contributed by atoms with E-state index in [1.165, 1.54) is 0 Å². The summed E-state index contributed by atoms with van der Waals surface area (Å²) in [7, 11) is -0.132. The third kappa shape index (κ3) is 4.51. The first-order valence-corrected chi connectivity index (χ1v) is 7.30. The van der Waals surface area contributed by atoms with Crippen LogP contribution in [0.2, 0.25) is 0 Å². The number of nitro groups is 1. The average molecular weight is 305 g/mol. The number of nitrogens with zero attached hydrogens (tertiary/aromatic N) is 2. The molecule has 0 fully saturated rings. The molecule has 112 valence electrons. The second kappa shape index (κ2) is 6.73. The smallest absolute Gasteiger partial charge is 0.304 e. The molecule has 0 saturated carbocycles. The third-order valence-corrected chi connectivity index (χ3v) is 3.96. The van der Waals surface area contributed by atoms with Gasteiger partial charge in [-0.15, -0.1) is 0 Å². The van der Waals surface area contributed by atoms with Gasteiger partial charge in [-0.05, 0) is 33.1 Å². The summed E-state index contributed by atoms with van der Waals surface area (Å²) in [5.41, 5.74) is -0.753. The number of hydrogen-bond acceptors (Lipinski definition) is 5. The van der Waals surface area contributed by atoms with Gasteiger partial charge in [-0.25, -0.2) is 13.1 Å². The lowest BCUT2D eigenvalue weighted by molar-refractivity contribution is -0.387. The molecular weight excluding hydrogens is 289 g/mol. The maximum atomic E-state index is 13.4. The molecule has 0 aliphatic carbocycles. The summed E-state index contributed by atoms with van der Waals surface area (Å²) in [5.74, 6) is -1.17. The third-order valence-electron chi connectivity index (χ3n) is 2.50. The summed E-state index contributed by atoms with van der Waals surface area (Å²) in [4.78, 5) is 11.1. The van der Waals surface area contributed by atoms with Crippen LogP contribution >= 0.6 is 0 Å². The van der Waals surface area contributed by atoms with Gasteiger partial charge in [-0.2, -0.15) is 4.39 Å². The lowest BCUT2D eigenvalue weighted by Gasteiger charge is -2.10. The van der Waals surface area contributed by atoms with Gasteiger partial charge in [-0.1, -0.05) is 0 Å². The van der Waals surface area contributed by atoms with Crippen molar-refractivity contribution in [2.75, 3.05) is 27.2 Å². The molecule has 0 aliphatic rings. The van der Waals surface area contributed by atoms with Crippen LogP contribution in [0.3, 0.4) is 0 Å². The molecule has 0 aliphatic heterocycles. The Morgan fingerprint density at radius 3 is 2.55 bits per heavy atom. The largest absolute Gasteiger partial charge is 0.309 e. The summed E-state index contributed by atoms with van der Waals surface area (Å²) < 4.78 is 39.4. The summed E-state index contributed by atoms with van der Waals surface area (Å²) >= 11 is 0. The lowest BCUT2D eigenvalue weighted by atomic mass is 10.3. The van der Waals surface area contributed by atoms with Crippen LogP contribution in [0.1, 0.15) is 6.42 Å². The van der Waals surface area contributed by atoms with Crippen LogP contribution in [0, 0.1) is 15.9 Å². The van der Waals surface area contributed by atoms with Crippen molar-refractivity contribution < 1.29 is 17.7 Å². The molecule has 0 amide bonds. The van der Waals surface area contributed by atoms with Crippen LogP contribution < -0.4 is 4.72 Å². The Labute approximate surface area is 116 Å². The van der Waals surface area contributed by atoms with E-state index in [1.807, 2.05) is 19.0 Å². The highest BCUT2D eigenvalue weighted by Gasteiger charge is 2.20. The molecule has 1 aromatic carbocycles. The summed E-state index contributed by atoms with van der Waals surface area (Å²) in [6, 6.07) is 2.49. The van der Waals surface area contributed by atoms with Gasteiger partial charge < -0.3 is 4.90 Å². The second-order valence-electron chi connectivity index (χ2n) is 4.42. The van der Waals surface area contributed by atoms with Gasteiger partial charge in [0, 0.05) is 18.7 Å². The van der Waals surface area contributed by atoms with Crippen LogP contribution in [0.25, 0.3) is 0 Å². The first-order valence-electron chi connectivity index (χ1n) is 5.82. The van der Waals surface area contributed by atoms with Gasteiger partial charge in [0.1, 0.15) is 0 Å². The summed E-state index contributed by atoms with van der Waals surface area (Å²) in [6.45, 7) is 0.913. The van der Waals surface area contributed by atoms with Gasteiger partial charge in [0.25, 0.3) is 0 Å². The first kappa shape index (κ1) is 16.5. The Hall–Kier alpha value is -1.58. The normalized spacial score (nSPS) is 11.8. The minimum atomic E-state index is -3.85. The predicted molar refractivity (Wildman–Crippen MR) is 71.4 cm³/mol. The number of halogens is 1. The molecule has 0 saturated heterocycles. The van der Waals surface area contributed by atoms with E-state index in [2.05, 4.69) is 4.72 Å². The second-order valence-corrected chi connectivity index (χ2v) is 6.19. The zero-order valence-electron chi connectivity index (χ0n) is 11.2. The highest BCUT2D eigenvalue weighted by atomic mass is 32.2. The van der Waals surface area contributed by atoms with Crippen molar-refractivity contribution in [3.8, 4) is 0 Å². The standard InChI is InChI=1S/C11H16FN3O4S/c1-14(2)7-3-6-13-20(18,19)9-4-5-11(15(16)17)10(12)8-9/h4-5,8,13H,3,6-7H2,1-2H3. The van der Waals surface area contributed by atoms with Gasteiger partial charge >= 0.3 is 5.69 Å². The minimum absolute atomic E-state index is 0.207. The van der Waals surface area contributed by atoms with Crippen LogP contribution in [-0.4, -0.2) is 45.4 Å². The molecule has 0 unspecified atom stereocenters. The SMILES string of the molecule is CN(C)CCCNS(=O)(=O)c1ccc([N+](=O)[O-])c(F)c1. The lowest BCUT2D eigenvalue weighted by Crippen LogP contribution is -2.27. The van der Waals surface area contributed by atoms with E-state index in [4.69, 9.17) is 0 Å². The molecule has 0 bridgehead atoms. The molecule has 1 N–H and O–H groups in total. The Bertz CT molecular complexity index is 589. The van der Waals surface area contributed by atoms with Gasteiger partial charge in [-0.3, -0.25) is 10.1 Å². The van der Waals surface area contributed by atoms with Crippen molar-refractivity contribution in [2.45, 2.75) is 11.3 Å². The highest BCUT2D eigenvalue weighted by molar-refractivity contribution is 7.89. The van der Waals surface area contributed by atoms with E-state index >= 15 is 0 Å². The van der Waals surface area contributed by atoms with E-state index in [1.54, 1.807) is 0 Å². The fraction of sp³-hybridized carbons (Fsp3) is 0.455. The van der Waals surface area contributed by atoms with E-state index < -0.39 is 26.5 Å². The average Bonchev–Trinajstić information content (AvgIpc) is 2.34. The van der Waals surface area contributed by atoms with Crippen molar-refractivity contribution >= 4 is 15.7 Å². The van der Waals surface area contributed by atoms with Gasteiger partial charge in [0.05, 0.1) is 9.82 Å². The zero-order chi connectivity index (χ0) is 15.3. The number of hydrogen-bond donors (Lipinski definition) is 1. The van der Waals surface area contributed by atoms with Crippen molar-refractivity contribution in [3.05, 3.63) is 34.1 Å². The molecule has 0 spiro atoms. The van der Waals surface area contributed by atoms with Crippen molar-refractivity contribution in [2.24, 2.45) is 0 Å². The fourth-order valence-electron chi connectivity index (χ4n) is 1.49.